The van der Waals surface area contributed by atoms with Gasteiger partial charge in [-0.05, 0) is 49.2 Å². The number of rotatable bonds is 10. The molecule has 0 saturated heterocycles. The lowest BCUT2D eigenvalue weighted by atomic mass is 9.84. The summed E-state index contributed by atoms with van der Waals surface area (Å²) in [6.45, 7) is 4.06. The first kappa shape index (κ1) is 30.6. The van der Waals surface area contributed by atoms with Gasteiger partial charge in [-0.3, -0.25) is 0 Å². The van der Waals surface area contributed by atoms with Crippen molar-refractivity contribution in [3.05, 3.63) is 191 Å². The van der Waals surface area contributed by atoms with Gasteiger partial charge < -0.3 is 10.4 Å². The molecule has 0 radical (unpaired) electrons. The lowest BCUT2D eigenvalue weighted by Crippen LogP contribution is -2.16. The van der Waals surface area contributed by atoms with Gasteiger partial charge in [-0.1, -0.05) is 127 Å². The lowest BCUT2D eigenvalue weighted by Gasteiger charge is -2.23. The fourth-order valence-corrected chi connectivity index (χ4v) is 6.16. The van der Waals surface area contributed by atoms with Crippen LogP contribution in [0.4, 0.5) is 11.6 Å². The van der Waals surface area contributed by atoms with E-state index in [1.807, 2.05) is 157 Å². The van der Waals surface area contributed by atoms with Crippen LogP contribution in [0.5, 0.6) is 0 Å². The molecule has 2 heterocycles. The Kier molecular flexibility index (Phi) is 8.76. The first-order valence-corrected chi connectivity index (χ1v) is 16.0. The van der Waals surface area contributed by atoms with E-state index < -0.39 is 6.23 Å². The molecule has 0 aliphatic rings. The smallest absolute Gasteiger partial charge is 0.160 e. The molecule has 0 spiro atoms. The maximum Gasteiger partial charge on any atom is 0.160 e. The molecular weight excluding hydrogens is 592 g/mol. The molecule has 7 heteroatoms. The number of hydrogen-bond acceptors (Lipinski definition) is 5. The van der Waals surface area contributed by atoms with Gasteiger partial charge in [0.25, 0.3) is 0 Å². The molecule has 0 unspecified atom stereocenters. The van der Waals surface area contributed by atoms with E-state index in [9.17, 15) is 5.11 Å². The fraction of sp³-hybridized carbons (Fsp3) is 0.0976. The van der Waals surface area contributed by atoms with Crippen molar-refractivity contribution in [2.75, 3.05) is 5.32 Å². The number of anilines is 1. The predicted molar refractivity (Wildman–Crippen MR) is 193 cm³/mol. The highest BCUT2D eigenvalue weighted by atomic mass is 16.3. The minimum atomic E-state index is -0.983. The molecule has 2 N–H and O–H groups in total. The lowest BCUT2D eigenvalue weighted by molar-refractivity contribution is 0.207. The van der Waals surface area contributed by atoms with Gasteiger partial charge >= 0.3 is 0 Å². The Morgan fingerprint density at radius 3 is 1.62 bits per heavy atom. The monoisotopic (exact) mass is 628 g/mol. The van der Waals surface area contributed by atoms with Crippen molar-refractivity contribution < 1.29 is 5.11 Å². The van der Waals surface area contributed by atoms with E-state index in [-0.39, 0.29) is 5.92 Å². The van der Waals surface area contributed by atoms with Crippen LogP contribution in [0.25, 0.3) is 11.4 Å². The van der Waals surface area contributed by atoms with Crippen molar-refractivity contribution in [3.8, 4) is 11.4 Å². The van der Waals surface area contributed by atoms with Gasteiger partial charge in [0.2, 0.25) is 0 Å². The molecule has 7 aromatic rings. The van der Waals surface area contributed by atoms with E-state index in [0.29, 0.717) is 5.82 Å². The number of aliphatic hydroxyl groups excluding tert-OH is 1. The number of nitrogens with zero attached hydrogens (tertiary/aromatic N) is 5. The Bertz CT molecular complexity index is 2120. The Labute approximate surface area is 280 Å². The van der Waals surface area contributed by atoms with Gasteiger partial charge in [0.1, 0.15) is 5.82 Å². The number of aromatic nitrogens is 4. The number of aliphatic imine (C=N–C) groups is 1. The maximum absolute atomic E-state index is 11.6. The zero-order chi connectivity index (χ0) is 32.9. The van der Waals surface area contributed by atoms with E-state index in [2.05, 4.69) is 29.6 Å². The van der Waals surface area contributed by atoms with Gasteiger partial charge in [-0.2, -0.15) is 10.2 Å². The summed E-state index contributed by atoms with van der Waals surface area (Å²) in [6.07, 6.45) is 0.906. The summed E-state index contributed by atoms with van der Waals surface area (Å²) in [5, 5.41) is 25.2. The first-order chi connectivity index (χ1) is 23.6. The topological polar surface area (TPSA) is 80.3 Å². The predicted octanol–water partition coefficient (Wildman–Crippen LogP) is 8.71. The van der Waals surface area contributed by atoms with Crippen molar-refractivity contribution in [2.45, 2.75) is 26.0 Å². The Morgan fingerprint density at radius 1 is 0.583 bits per heavy atom. The standard InChI is InChI=1S/C41H36N6O/c1-29-36(39(42-28-31-18-8-3-9-19-31)46(44-29)34-24-14-6-15-25-34)38(32-20-10-4-11-21-32)37-30(2)45-47(35-26-16-7-17-27-35)40(37)43-41(48)33-22-12-5-13-23-33/h3-28,38,41,43,48H,1-2H3/t38-,41+/m0/s1. The number of hydrogen-bond donors (Lipinski definition) is 2. The van der Waals surface area contributed by atoms with E-state index >= 15 is 0 Å². The number of aryl methyl sites for hydroxylation is 2. The van der Waals surface area contributed by atoms with Crippen molar-refractivity contribution in [2.24, 2.45) is 4.99 Å². The zero-order valence-electron chi connectivity index (χ0n) is 26.8. The Hall–Kier alpha value is -6.05. The van der Waals surface area contributed by atoms with Crippen molar-refractivity contribution in [1.29, 1.82) is 0 Å². The van der Waals surface area contributed by atoms with Crippen LogP contribution in [0.15, 0.2) is 157 Å². The zero-order valence-corrected chi connectivity index (χ0v) is 26.8. The summed E-state index contributed by atoms with van der Waals surface area (Å²) in [6, 6.07) is 50.2. The summed E-state index contributed by atoms with van der Waals surface area (Å²) < 4.78 is 3.81. The van der Waals surface area contributed by atoms with E-state index in [1.54, 1.807) is 0 Å². The molecule has 0 fully saturated rings. The summed E-state index contributed by atoms with van der Waals surface area (Å²) >= 11 is 0. The summed E-state index contributed by atoms with van der Waals surface area (Å²) in [7, 11) is 0. The third-order valence-electron chi connectivity index (χ3n) is 8.42. The molecule has 0 bridgehead atoms. The number of nitrogens with one attached hydrogen (secondary N) is 1. The molecule has 0 amide bonds. The van der Waals surface area contributed by atoms with E-state index in [0.717, 1.165) is 56.4 Å². The highest BCUT2D eigenvalue weighted by Gasteiger charge is 2.33. The number of para-hydroxylation sites is 2. The summed E-state index contributed by atoms with van der Waals surface area (Å²) in [5.41, 5.74) is 8.11. The van der Waals surface area contributed by atoms with Crippen LogP contribution in [-0.2, 0) is 0 Å². The molecule has 7 nitrogen and oxygen atoms in total. The average Bonchev–Trinajstić information content (AvgIpc) is 3.65. The SMILES string of the molecule is Cc1nn(-c2ccccc2)c(N=Cc2ccccc2)c1[C@H](c1ccccc1)c1c(C)nn(-c2ccccc2)c1N[C@H](O)c1ccccc1. The number of benzene rings is 5. The quantitative estimate of drug-likeness (QED) is 0.117. The molecule has 7 rings (SSSR count). The maximum atomic E-state index is 11.6. The van der Waals surface area contributed by atoms with Gasteiger partial charge in [0.15, 0.2) is 12.0 Å². The molecule has 5 aromatic carbocycles. The first-order valence-electron chi connectivity index (χ1n) is 16.0. The van der Waals surface area contributed by atoms with Crippen LogP contribution < -0.4 is 5.32 Å². The molecule has 0 aliphatic heterocycles. The second kappa shape index (κ2) is 13.7. The molecule has 0 aliphatic carbocycles. The Balaban J connectivity index is 1.49. The van der Waals surface area contributed by atoms with Crippen molar-refractivity contribution in [1.82, 2.24) is 19.6 Å². The van der Waals surface area contributed by atoms with Crippen LogP contribution in [-0.4, -0.2) is 30.9 Å². The van der Waals surface area contributed by atoms with Crippen LogP contribution in [0, 0.1) is 13.8 Å². The summed E-state index contributed by atoms with van der Waals surface area (Å²) in [5.74, 6) is 1.07. The highest BCUT2D eigenvalue weighted by Crippen LogP contribution is 2.45. The largest absolute Gasteiger partial charge is 0.369 e. The highest BCUT2D eigenvalue weighted by molar-refractivity contribution is 5.82. The second-order valence-electron chi connectivity index (χ2n) is 11.6. The summed E-state index contributed by atoms with van der Waals surface area (Å²) in [4.78, 5) is 5.16. The Morgan fingerprint density at radius 2 is 1.04 bits per heavy atom. The third-order valence-corrected chi connectivity index (χ3v) is 8.42. The number of aliphatic hydroxyl groups is 1. The molecule has 48 heavy (non-hydrogen) atoms. The molecule has 236 valence electrons. The van der Waals surface area contributed by atoms with Crippen molar-refractivity contribution in [3.63, 3.8) is 0 Å². The van der Waals surface area contributed by atoms with Crippen LogP contribution in [0.3, 0.4) is 0 Å². The average molecular weight is 629 g/mol. The fourth-order valence-electron chi connectivity index (χ4n) is 6.16. The van der Waals surface area contributed by atoms with Gasteiger partial charge in [0, 0.05) is 28.8 Å². The molecular formula is C41H36N6O. The van der Waals surface area contributed by atoms with Crippen LogP contribution in [0.1, 0.15) is 51.4 Å². The minimum Gasteiger partial charge on any atom is -0.369 e. The van der Waals surface area contributed by atoms with E-state index in [1.165, 1.54) is 0 Å². The third kappa shape index (κ3) is 6.19. The van der Waals surface area contributed by atoms with Crippen LogP contribution >= 0.6 is 0 Å². The van der Waals surface area contributed by atoms with Gasteiger partial charge in [-0.15, -0.1) is 0 Å². The van der Waals surface area contributed by atoms with Gasteiger partial charge in [-0.25, -0.2) is 14.4 Å². The second-order valence-corrected chi connectivity index (χ2v) is 11.6. The molecule has 0 saturated carbocycles. The van der Waals surface area contributed by atoms with Gasteiger partial charge in [0.05, 0.1) is 22.8 Å². The van der Waals surface area contributed by atoms with Crippen molar-refractivity contribution >= 4 is 17.9 Å². The minimum absolute atomic E-state index is 0.338. The van der Waals surface area contributed by atoms with E-state index in [4.69, 9.17) is 15.2 Å². The normalized spacial score (nSPS) is 12.6. The molecule has 2 atom stereocenters. The van der Waals surface area contributed by atoms with Crippen LogP contribution in [0.2, 0.25) is 0 Å². The molecule has 2 aromatic heterocycles.